The van der Waals surface area contributed by atoms with Crippen LogP contribution in [-0.4, -0.2) is 18.3 Å². The minimum absolute atomic E-state index is 0.137. The van der Waals surface area contributed by atoms with Gasteiger partial charge in [-0.15, -0.1) is 0 Å². The molecule has 0 aromatic heterocycles. The quantitative estimate of drug-likeness (QED) is 0.840. The molecule has 0 saturated heterocycles. The Kier molecular flexibility index (Phi) is 5.44. The van der Waals surface area contributed by atoms with E-state index in [1.165, 1.54) is 0 Å². The van der Waals surface area contributed by atoms with Crippen molar-refractivity contribution >= 4 is 0 Å². The van der Waals surface area contributed by atoms with Crippen LogP contribution in [0.2, 0.25) is 0 Å². The molecule has 0 aliphatic rings. The lowest BCUT2D eigenvalue weighted by Gasteiger charge is -2.11. The third-order valence-corrected chi connectivity index (χ3v) is 2.92. The molecule has 0 heterocycles. The molecule has 20 heavy (non-hydrogen) atoms. The molecule has 0 saturated carbocycles. The maximum absolute atomic E-state index is 8.94. The summed E-state index contributed by atoms with van der Waals surface area (Å²) in [6.45, 7) is 3.15. The zero-order valence-electron chi connectivity index (χ0n) is 11.7. The van der Waals surface area contributed by atoms with E-state index >= 15 is 0 Å². The zero-order valence-corrected chi connectivity index (χ0v) is 11.7. The van der Waals surface area contributed by atoms with Gasteiger partial charge in [-0.3, -0.25) is 0 Å². The summed E-state index contributed by atoms with van der Waals surface area (Å²) in [5, 5.41) is 8.94. The number of aliphatic hydroxyl groups is 1. The van der Waals surface area contributed by atoms with Gasteiger partial charge in [0.25, 0.3) is 0 Å². The van der Waals surface area contributed by atoms with Crippen molar-refractivity contribution in [1.82, 2.24) is 0 Å². The summed E-state index contributed by atoms with van der Waals surface area (Å²) in [5.41, 5.74) is 1.14. The molecule has 0 bridgehead atoms. The highest BCUT2D eigenvalue weighted by atomic mass is 16.5. The molecule has 1 N–H and O–H groups in total. The van der Waals surface area contributed by atoms with E-state index < -0.39 is 0 Å². The predicted octanol–water partition coefficient (Wildman–Crippen LogP) is 3.27. The van der Waals surface area contributed by atoms with E-state index in [-0.39, 0.29) is 12.5 Å². The first-order chi connectivity index (χ1) is 9.78. The van der Waals surface area contributed by atoms with Crippen molar-refractivity contribution in [3.8, 4) is 11.5 Å². The molecule has 0 spiro atoms. The molecule has 0 aliphatic carbocycles. The van der Waals surface area contributed by atoms with Crippen molar-refractivity contribution < 1.29 is 14.6 Å². The summed E-state index contributed by atoms with van der Waals surface area (Å²) in [7, 11) is 0. The highest BCUT2D eigenvalue weighted by molar-refractivity contribution is 5.31. The Balaban J connectivity index is 1.82. The number of benzene rings is 2. The summed E-state index contributed by atoms with van der Waals surface area (Å²) >= 11 is 0. The SMILES string of the molecule is CC(CO)COc1ccc(OCc2ccccc2)cc1. The highest BCUT2D eigenvalue weighted by Crippen LogP contribution is 2.19. The third-order valence-electron chi connectivity index (χ3n) is 2.92. The lowest BCUT2D eigenvalue weighted by molar-refractivity contribution is 0.174. The molecule has 1 unspecified atom stereocenters. The van der Waals surface area contributed by atoms with Crippen molar-refractivity contribution in [2.45, 2.75) is 13.5 Å². The van der Waals surface area contributed by atoms with Gasteiger partial charge in [0.15, 0.2) is 0 Å². The number of ether oxygens (including phenoxy) is 2. The van der Waals surface area contributed by atoms with E-state index in [4.69, 9.17) is 14.6 Å². The maximum atomic E-state index is 8.94. The van der Waals surface area contributed by atoms with Gasteiger partial charge >= 0.3 is 0 Å². The first kappa shape index (κ1) is 14.4. The standard InChI is InChI=1S/C17H20O3/c1-14(11-18)12-19-16-7-9-17(10-8-16)20-13-15-5-3-2-4-6-15/h2-10,14,18H,11-13H2,1H3. The summed E-state index contributed by atoms with van der Waals surface area (Å²) in [4.78, 5) is 0. The normalized spacial score (nSPS) is 11.9. The summed E-state index contributed by atoms with van der Waals surface area (Å²) in [5.74, 6) is 1.75. The van der Waals surface area contributed by atoms with Crippen LogP contribution in [0.4, 0.5) is 0 Å². The Morgan fingerprint density at radius 2 is 1.50 bits per heavy atom. The summed E-state index contributed by atoms with van der Waals surface area (Å²) in [6, 6.07) is 17.6. The molecular formula is C17H20O3. The first-order valence-electron chi connectivity index (χ1n) is 6.78. The summed E-state index contributed by atoms with van der Waals surface area (Å²) < 4.78 is 11.3. The number of rotatable bonds is 7. The van der Waals surface area contributed by atoms with Crippen LogP contribution in [0.25, 0.3) is 0 Å². The van der Waals surface area contributed by atoms with Crippen LogP contribution in [0.15, 0.2) is 54.6 Å². The van der Waals surface area contributed by atoms with Crippen LogP contribution >= 0.6 is 0 Å². The van der Waals surface area contributed by atoms with Gasteiger partial charge in [0.1, 0.15) is 18.1 Å². The Hall–Kier alpha value is -2.00. The van der Waals surface area contributed by atoms with Crippen molar-refractivity contribution in [3.05, 3.63) is 60.2 Å². The second kappa shape index (κ2) is 7.56. The maximum Gasteiger partial charge on any atom is 0.120 e. The molecule has 2 aromatic rings. The largest absolute Gasteiger partial charge is 0.493 e. The molecule has 3 heteroatoms. The molecule has 0 fully saturated rings. The van der Waals surface area contributed by atoms with Gasteiger partial charge in [0, 0.05) is 12.5 Å². The van der Waals surface area contributed by atoms with Crippen molar-refractivity contribution in [2.75, 3.05) is 13.2 Å². The van der Waals surface area contributed by atoms with E-state index in [9.17, 15) is 0 Å². The molecule has 2 aromatic carbocycles. The fourth-order valence-electron chi connectivity index (χ4n) is 1.66. The van der Waals surface area contributed by atoms with E-state index in [1.54, 1.807) is 0 Å². The second-order valence-electron chi connectivity index (χ2n) is 4.84. The zero-order chi connectivity index (χ0) is 14.2. The van der Waals surface area contributed by atoms with Crippen LogP contribution in [0.1, 0.15) is 12.5 Å². The van der Waals surface area contributed by atoms with Gasteiger partial charge in [-0.05, 0) is 29.8 Å². The number of aliphatic hydroxyl groups excluding tert-OH is 1. The van der Waals surface area contributed by atoms with Gasteiger partial charge in [-0.2, -0.15) is 0 Å². The van der Waals surface area contributed by atoms with Crippen LogP contribution in [0, 0.1) is 5.92 Å². The van der Waals surface area contributed by atoms with Crippen LogP contribution in [0.5, 0.6) is 11.5 Å². The van der Waals surface area contributed by atoms with Crippen LogP contribution in [0.3, 0.4) is 0 Å². The average Bonchev–Trinajstić information content (AvgIpc) is 2.52. The van der Waals surface area contributed by atoms with E-state index in [1.807, 2.05) is 61.5 Å². The third kappa shape index (κ3) is 4.59. The van der Waals surface area contributed by atoms with Crippen LogP contribution in [-0.2, 0) is 6.61 Å². The molecule has 3 nitrogen and oxygen atoms in total. The second-order valence-corrected chi connectivity index (χ2v) is 4.84. The Labute approximate surface area is 119 Å². The molecule has 106 valence electrons. The highest BCUT2D eigenvalue weighted by Gasteiger charge is 2.02. The van der Waals surface area contributed by atoms with E-state index in [0.717, 1.165) is 17.1 Å². The molecule has 0 radical (unpaired) electrons. The van der Waals surface area contributed by atoms with E-state index in [2.05, 4.69) is 0 Å². The van der Waals surface area contributed by atoms with Crippen LogP contribution < -0.4 is 9.47 Å². The Morgan fingerprint density at radius 1 is 0.900 bits per heavy atom. The predicted molar refractivity (Wildman–Crippen MR) is 79.0 cm³/mol. The number of hydrogen-bond donors (Lipinski definition) is 1. The molecule has 1 atom stereocenters. The summed E-state index contributed by atoms with van der Waals surface area (Å²) in [6.07, 6.45) is 0. The Bertz CT molecular complexity index is 493. The van der Waals surface area contributed by atoms with Gasteiger partial charge in [0.05, 0.1) is 6.61 Å². The fourth-order valence-corrected chi connectivity index (χ4v) is 1.66. The minimum atomic E-state index is 0.137. The monoisotopic (exact) mass is 272 g/mol. The molecule has 2 rings (SSSR count). The lowest BCUT2D eigenvalue weighted by Crippen LogP contribution is -2.11. The van der Waals surface area contributed by atoms with Crippen molar-refractivity contribution in [1.29, 1.82) is 0 Å². The molecule has 0 amide bonds. The van der Waals surface area contributed by atoms with Gasteiger partial charge < -0.3 is 14.6 Å². The fraction of sp³-hybridized carbons (Fsp3) is 0.294. The van der Waals surface area contributed by atoms with Gasteiger partial charge in [-0.1, -0.05) is 37.3 Å². The van der Waals surface area contributed by atoms with Gasteiger partial charge in [0.2, 0.25) is 0 Å². The molecule has 0 aliphatic heterocycles. The van der Waals surface area contributed by atoms with Crippen molar-refractivity contribution in [2.24, 2.45) is 5.92 Å². The number of hydrogen-bond acceptors (Lipinski definition) is 3. The first-order valence-corrected chi connectivity index (χ1v) is 6.78. The lowest BCUT2D eigenvalue weighted by atomic mass is 10.2. The average molecular weight is 272 g/mol. The smallest absolute Gasteiger partial charge is 0.120 e. The van der Waals surface area contributed by atoms with Gasteiger partial charge in [-0.25, -0.2) is 0 Å². The Morgan fingerprint density at radius 3 is 2.10 bits per heavy atom. The van der Waals surface area contributed by atoms with E-state index in [0.29, 0.717) is 13.2 Å². The molecular weight excluding hydrogens is 252 g/mol. The van der Waals surface area contributed by atoms with Crippen molar-refractivity contribution in [3.63, 3.8) is 0 Å². The topological polar surface area (TPSA) is 38.7 Å². The minimum Gasteiger partial charge on any atom is -0.493 e.